The summed E-state index contributed by atoms with van der Waals surface area (Å²) < 4.78 is 0. The minimum absolute atomic E-state index is 0.00423. The van der Waals surface area contributed by atoms with E-state index in [9.17, 15) is 4.79 Å². The van der Waals surface area contributed by atoms with Gasteiger partial charge in [0.1, 0.15) is 0 Å². The monoisotopic (exact) mass is 256 g/mol. The van der Waals surface area contributed by atoms with Gasteiger partial charge in [-0.1, -0.05) is 42.5 Å². The maximum absolute atomic E-state index is 11.8. The highest BCUT2D eigenvalue weighted by Crippen LogP contribution is 2.23. The zero-order valence-corrected chi connectivity index (χ0v) is 11.4. The summed E-state index contributed by atoms with van der Waals surface area (Å²) in [5, 5.41) is 5.37. The first-order valence-electron chi connectivity index (χ1n) is 6.60. The standard InChI is InChI=1S/C16H20N2O/c1-11(17)10-16(19)18-12(2)14-9-5-7-13-6-3-4-8-15(13)14/h3-9,11-12H,10,17H2,1-2H3,(H,18,19). The Kier molecular flexibility index (Phi) is 4.17. The summed E-state index contributed by atoms with van der Waals surface area (Å²) in [7, 11) is 0. The number of benzene rings is 2. The number of carbonyl (C=O) groups excluding carboxylic acids is 1. The lowest BCUT2D eigenvalue weighted by molar-refractivity contribution is -0.121. The Morgan fingerprint density at radius 2 is 1.84 bits per heavy atom. The van der Waals surface area contributed by atoms with Crippen LogP contribution in [0.3, 0.4) is 0 Å². The molecule has 0 aliphatic rings. The largest absolute Gasteiger partial charge is 0.350 e. The highest BCUT2D eigenvalue weighted by atomic mass is 16.1. The number of hydrogen-bond donors (Lipinski definition) is 2. The van der Waals surface area contributed by atoms with Gasteiger partial charge in [0.2, 0.25) is 5.91 Å². The lowest BCUT2D eigenvalue weighted by Gasteiger charge is -2.17. The van der Waals surface area contributed by atoms with Crippen LogP contribution in [0.5, 0.6) is 0 Å². The number of nitrogens with one attached hydrogen (secondary N) is 1. The first kappa shape index (κ1) is 13.6. The number of fused-ring (bicyclic) bond motifs is 1. The SMILES string of the molecule is CC(N)CC(=O)NC(C)c1cccc2ccccc12. The summed E-state index contributed by atoms with van der Waals surface area (Å²) in [4.78, 5) is 11.8. The molecule has 0 fully saturated rings. The molecule has 2 unspecified atom stereocenters. The summed E-state index contributed by atoms with van der Waals surface area (Å²) in [6, 6.07) is 14.2. The molecular weight excluding hydrogens is 236 g/mol. The summed E-state index contributed by atoms with van der Waals surface area (Å²) >= 11 is 0. The van der Waals surface area contributed by atoms with Crippen molar-refractivity contribution in [2.45, 2.75) is 32.4 Å². The molecule has 2 rings (SSSR count). The van der Waals surface area contributed by atoms with Gasteiger partial charge in [-0.05, 0) is 30.2 Å². The summed E-state index contributed by atoms with van der Waals surface area (Å²) in [6.45, 7) is 3.84. The smallest absolute Gasteiger partial charge is 0.222 e. The van der Waals surface area contributed by atoms with Gasteiger partial charge < -0.3 is 11.1 Å². The molecule has 2 aromatic carbocycles. The zero-order valence-electron chi connectivity index (χ0n) is 11.4. The lowest BCUT2D eigenvalue weighted by atomic mass is 9.99. The van der Waals surface area contributed by atoms with Crippen molar-refractivity contribution in [3.8, 4) is 0 Å². The highest BCUT2D eigenvalue weighted by Gasteiger charge is 2.12. The second-order valence-electron chi connectivity index (χ2n) is 5.04. The van der Waals surface area contributed by atoms with Gasteiger partial charge in [0.05, 0.1) is 6.04 Å². The number of carbonyl (C=O) groups is 1. The Bertz CT molecular complexity index is 572. The molecule has 0 radical (unpaired) electrons. The van der Waals surface area contributed by atoms with Crippen LogP contribution in [0.25, 0.3) is 10.8 Å². The van der Waals surface area contributed by atoms with Crippen molar-refractivity contribution in [3.05, 3.63) is 48.0 Å². The predicted octanol–water partition coefficient (Wildman–Crippen LogP) is 2.75. The Labute approximate surface area is 113 Å². The average molecular weight is 256 g/mol. The Morgan fingerprint density at radius 3 is 2.58 bits per heavy atom. The number of hydrogen-bond acceptors (Lipinski definition) is 2. The third-order valence-corrected chi connectivity index (χ3v) is 3.17. The van der Waals surface area contributed by atoms with Gasteiger partial charge in [-0.2, -0.15) is 0 Å². The Balaban J connectivity index is 2.22. The first-order chi connectivity index (χ1) is 9.08. The molecule has 2 aromatic rings. The van der Waals surface area contributed by atoms with Crippen LogP contribution in [0.1, 0.15) is 31.9 Å². The second kappa shape index (κ2) is 5.85. The molecule has 3 heteroatoms. The van der Waals surface area contributed by atoms with E-state index in [-0.39, 0.29) is 18.0 Å². The van der Waals surface area contributed by atoms with E-state index in [1.54, 1.807) is 0 Å². The van der Waals surface area contributed by atoms with Gasteiger partial charge in [0.15, 0.2) is 0 Å². The molecule has 0 aliphatic carbocycles. The van der Waals surface area contributed by atoms with Gasteiger partial charge in [0, 0.05) is 12.5 Å². The molecule has 1 amide bonds. The van der Waals surface area contributed by atoms with Gasteiger partial charge in [0.25, 0.3) is 0 Å². The van der Waals surface area contributed by atoms with E-state index in [0.29, 0.717) is 6.42 Å². The van der Waals surface area contributed by atoms with E-state index in [2.05, 4.69) is 29.6 Å². The maximum Gasteiger partial charge on any atom is 0.222 e. The first-order valence-corrected chi connectivity index (χ1v) is 6.60. The van der Waals surface area contributed by atoms with Gasteiger partial charge >= 0.3 is 0 Å². The average Bonchev–Trinajstić information content (AvgIpc) is 2.36. The van der Waals surface area contributed by atoms with Crippen LogP contribution in [-0.2, 0) is 4.79 Å². The fourth-order valence-electron chi connectivity index (χ4n) is 2.30. The molecule has 0 spiro atoms. The van der Waals surface area contributed by atoms with Gasteiger partial charge in [-0.25, -0.2) is 0 Å². The molecule has 19 heavy (non-hydrogen) atoms. The van der Waals surface area contributed by atoms with Crippen molar-refractivity contribution in [3.63, 3.8) is 0 Å². The Hall–Kier alpha value is -1.87. The van der Waals surface area contributed by atoms with E-state index < -0.39 is 0 Å². The number of rotatable bonds is 4. The van der Waals surface area contributed by atoms with Crippen molar-refractivity contribution in [2.24, 2.45) is 5.73 Å². The quantitative estimate of drug-likeness (QED) is 0.883. The minimum atomic E-state index is -0.111. The summed E-state index contributed by atoms with van der Waals surface area (Å²) in [5.74, 6) is -0.00423. The lowest BCUT2D eigenvalue weighted by Crippen LogP contribution is -2.31. The molecule has 2 atom stereocenters. The van der Waals surface area contributed by atoms with Crippen molar-refractivity contribution < 1.29 is 4.79 Å². The van der Waals surface area contributed by atoms with E-state index in [1.165, 1.54) is 10.8 Å². The molecule has 0 aliphatic heterocycles. The van der Waals surface area contributed by atoms with Gasteiger partial charge in [-0.15, -0.1) is 0 Å². The molecule has 3 nitrogen and oxygen atoms in total. The van der Waals surface area contributed by atoms with Crippen molar-refractivity contribution in [1.82, 2.24) is 5.32 Å². The molecular formula is C16H20N2O. The summed E-state index contributed by atoms with van der Waals surface area (Å²) in [6.07, 6.45) is 0.356. The molecule has 3 N–H and O–H groups in total. The fourth-order valence-corrected chi connectivity index (χ4v) is 2.30. The number of nitrogens with two attached hydrogens (primary N) is 1. The van der Waals surface area contributed by atoms with Crippen molar-refractivity contribution >= 4 is 16.7 Å². The fraction of sp³-hybridized carbons (Fsp3) is 0.312. The molecule has 0 aromatic heterocycles. The van der Waals surface area contributed by atoms with Crippen LogP contribution in [0.2, 0.25) is 0 Å². The predicted molar refractivity (Wildman–Crippen MR) is 78.8 cm³/mol. The minimum Gasteiger partial charge on any atom is -0.350 e. The zero-order chi connectivity index (χ0) is 13.8. The third kappa shape index (κ3) is 3.32. The molecule has 100 valence electrons. The van der Waals surface area contributed by atoms with Crippen LogP contribution in [0.15, 0.2) is 42.5 Å². The maximum atomic E-state index is 11.8. The molecule has 0 bridgehead atoms. The highest BCUT2D eigenvalue weighted by molar-refractivity contribution is 5.86. The van der Waals surface area contributed by atoms with E-state index in [4.69, 9.17) is 5.73 Å². The number of amides is 1. The van der Waals surface area contributed by atoms with Crippen molar-refractivity contribution in [1.29, 1.82) is 0 Å². The van der Waals surface area contributed by atoms with Crippen LogP contribution >= 0.6 is 0 Å². The van der Waals surface area contributed by atoms with E-state index >= 15 is 0 Å². The topological polar surface area (TPSA) is 55.1 Å². The van der Waals surface area contributed by atoms with Gasteiger partial charge in [-0.3, -0.25) is 4.79 Å². The van der Waals surface area contributed by atoms with Crippen LogP contribution in [0.4, 0.5) is 0 Å². The third-order valence-electron chi connectivity index (χ3n) is 3.17. The van der Waals surface area contributed by atoms with Crippen molar-refractivity contribution in [2.75, 3.05) is 0 Å². The van der Waals surface area contributed by atoms with E-state index in [0.717, 1.165) is 5.56 Å². The molecule has 0 saturated heterocycles. The molecule has 0 saturated carbocycles. The van der Waals surface area contributed by atoms with Crippen LogP contribution < -0.4 is 11.1 Å². The summed E-state index contributed by atoms with van der Waals surface area (Å²) in [5.41, 5.74) is 6.77. The van der Waals surface area contributed by atoms with E-state index in [1.807, 2.05) is 32.0 Å². The van der Waals surface area contributed by atoms with Crippen LogP contribution in [-0.4, -0.2) is 11.9 Å². The Morgan fingerprint density at radius 1 is 1.16 bits per heavy atom. The van der Waals surface area contributed by atoms with Crippen LogP contribution in [0, 0.1) is 0 Å². The second-order valence-corrected chi connectivity index (χ2v) is 5.04. The molecule has 0 heterocycles. The normalized spacial score (nSPS) is 14.1.